The second-order valence-electron chi connectivity index (χ2n) is 5.84. The number of nitrogens with one attached hydrogen (secondary N) is 3. The fourth-order valence-electron chi connectivity index (χ4n) is 2.36. The molecule has 0 fully saturated rings. The van der Waals surface area contributed by atoms with Gasteiger partial charge in [0.2, 0.25) is 5.91 Å². The molecule has 0 saturated heterocycles. The Morgan fingerprint density at radius 2 is 1.71 bits per heavy atom. The summed E-state index contributed by atoms with van der Waals surface area (Å²) in [6, 6.07) is 15.7. The van der Waals surface area contributed by atoms with Gasteiger partial charge in [-0.25, -0.2) is 9.18 Å². The monoisotopic (exact) mass is 379 g/mol. The lowest BCUT2D eigenvalue weighted by Gasteiger charge is -2.08. The van der Waals surface area contributed by atoms with E-state index < -0.39 is 0 Å². The minimum absolute atomic E-state index is 0.282. The van der Waals surface area contributed by atoms with Crippen molar-refractivity contribution in [3.8, 4) is 0 Å². The van der Waals surface area contributed by atoms with Gasteiger partial charge < -0.3 is 20.4 Å². The lowest BCUT2D eigenvalue weighted by molar-refractivity contribution is -0.111. The van der Waals surface area contributed by atoms with Crippen LogP contribution < -0.4 is 16.0 Å². The van der Waals surface area contributed by atoms with Gasteiger partial charge in [0, 0.05) is 17.5 Å². The first kappa shape index (κ1) is 18.9. The molecule has 142 valence electrons. The van der Waals surface area contributed by atoms with Crippen LogP contribution in [0.1, 0.15) is 11.3 Å². The van der Waals surface area contributed by atoms with Gasteiger partial charge in [0.25, 0.3) is 0 Å². The summed E-state index contributed by atoms with van der Waals surface area (Å²) in [7, 11) is 0. The number of carbonyl (C=O) groups excluding carboxylic acids is 2. The van der Waals surface area contributed by atoms with Crippen molar-refractivity contribution in [3.63, 3.8) is 0 Å². The molecule has 1 heterocycles. The van der Waals surface area contributed by atoms with Gasteiger partial charge in [-0.1, -0.05) is 12.1 Å². The molecule has 0 saturated carbocycles. The van der Waals surface area contributed by atoms with Crippen LogP contribution in [0.15, 0.2) is 77.4 Å². The molecule has 3 N–H and O–H groups in total. The highest BCUT2D eigenvalue weighted by Gasteiger charge is 2.04. The molecule has 6 nitrogen and oxygen atoms in total. The molecule has 0 spiro atoms. The highest BCUT2D eigenvalue weighted by molar-refractivity contribution is 6.02. The maximum absolute atomic E-state index is 13.1. The predicted octanol–water partition coefficient (Wildman–Crippen LogP) is 4.39. The number of amides is 3. The highest BCUT2D eigenvalue weighted by atomic mass is 19.1. The quantitative estimate of drug-likeness (QED) is 0.556. The summed E-state index contributed by atoms with van der Waals surface area (Å²) in [6.45, 7) is 0.282. The largest absolute Gasteiger partial charge is 0.467 e. The van der Waals surface area contributed by atoms with Crippen molar-refractivity contribution in [3.05, 3.63) is 90.1 Å². The van der Waals surface area contributed by atoms with Crippen LogP contribution in [0.5, 0.6) is 0 Å². The lowest BCUT2D eigenvalue weighted by atomic mass is 10.2. The van der Waals surface area contributed by atoms with Gasteiger partial charge in [-0.05, 0) is 60.2 Å². The van der Waals surface area contributed by atoms with E-state index in [0.717, 1.165) is 0 Å². The summed E-state index contributed by atoms with van der Waals surface area (Å²) < 4.78 is 18.2. The minimum Gasteiger partial charge on any atom is -0.467 e. The Morgan fingerprint density at radius 3 is 2.39 bits per heavy atom. The van der Waals surface area contributed by atoms with Crippen molar-refractivity contribution in [1.29, 1.82) is 0 Å². The number of benzene rings is 2. The van der Waals surface area contributed by atoms with Crippen LogP contribution in [0.4, 0.5) is 20.6 Å². The van der Waals surface area contributed by atoms with E-state index >= 15 is 0 Å². The van der Waals surface area contributed by atoms with Crippen molar-refractivity contribution < 1.29 is 18.4 Å². The molecular weight excluding hydrogens is 361 g/mol. The Kier molecular flexibility index (Phi) is 6.20. The number of rotatable bonds is 6. The molecule has 3 rings (SSSR count). The number of furan rings is 1. The highest BCUT2D eigenvalue weighted by Crippen LogP contribution is 2.14. The molecule has 0 aliphatic heterocycles. The van der Waals surface area contributed by atoms with E-state index in [0.29, 0.717) is 22.7 Å². The second kappa shape index (κ2) is 9.18. The third kappa shape index (κ3) is 5.84. The fraction of sp³-hybridized carbons (Fsp3) is 0.0476. The van der Waals surface area contributed by atoms with Gasteiger partial charge in [0.1, 0.15) is 11.6 Å². The second-order valence-corrected chi connectivity index (χ2v) is 5.84. The summed E-state index contributed by atoms with van der Waals surface area (Å²) in [5.41, 5.74) is 1.73. The number of hydrogen-bond acceptors (Lipinski definition) is 3. The molecule has 0 atom stereocenters. The van der Waals surface area contributed by atoms with Crippen LogP contribution in [0.3, 0.4) is 0 Å². The molecule has 0 unspecified atom stereocenters. The van der Waals surface area contributed by atoms with Gasteiger partial charge in [-0.15, -0.1) is 0 Å². The Balaban J connectivity index is 1.48. The summed E-state index contributed by atoms with van der Waals surface area (Å²) >= 11 is 0. The number of carbonyl (C=O) groups is 2. The number of anilines is 2. The summed E-state index contributed by atoms with van der Waals surface area (Å²) in [4.78, 5) is 23.8. The van der Waals surface area contributed by atoms with Crippen molar-refractivity contribution in [2.24, 2.45) is 0 Å². The first-order chi connectivity index (χ1) is 13.6. The van der Waals surface area contributed by atoms with E-state index in [4.69, 9.17) is 4.42 Å². The van der Waals surface area contributed by atoms with Gasteiger partial charge in [0.15, 0.2) is 0 Å². The maximum atomic E-state index is 13.1. The molecular formula is C21H18FN3O3. The Morgan fingerprint density at radius 1 is 0.964 bits per heavy atom. The lowest BCUT2D eigenvalue weighted by Crippen LogP contribution is -2.27. The molecule has 28 heavy (non-hydrogen) atoms. The van der Waals surface area contributed by atoms with Crippen molar-refractivity contribution in [2.45, 2.75) is 6.54 Å². The molecule has 0 aliphatic rings. The minimum atomic E-state index is -0.369. The number of halogens is 1. The van der Waals surface area contributed by atoms with E-state index in [9.17, 15) is 14.0 Å². The van der Waals surface area contributed by atoms with E-state index in [2.05, 4.69) is 16.0 Å². The van der Waals surface area contributed by atoms with E-state index in [1.54, 1.807) is 48.5 Å². The summed E-state index contributed by atoms with van der Waals surface area (Å²) in [5, 5.41) is 8.04. The average Bonchev–Trinajstić information content (AvgIpc) is 3.20. The average molecular weight is 379 g/mol. The molecule has 0 radical (unpaired) electrons. The van der Waals surface area contributed by atoms with Crippen LogP contribution in [0.2, 0.25) is 0 Å². The Hall–Kier alpha value is -3.87. The van der Waals surface area contributed by atoms with Crippen molar-refractivity contribution in [2.75, 3.05) is 10.6 Å². The van der Waals surface area contributed by atoms with E-state index in [1.807, 2.05) is 0 Å². The Bertz CT molecular complexity index is 967. The van der Waals surface area contributed by atoms with Crippen LogP contribution in [-0.4, -0.2) is 11.9 Å². The van der Waals surface area contributed by atoms with Crippen molar-refractivity contribution in [1.82, 2.24) is 5.32 Å². The maximum Gasteiger partial charge on any atom is 0.319 e. The van der Waals surface area contributed by atoms with Crippen LogP contribution >= 0.6 is 0 Å². The van der Waals surface area contributed by atoms with Crippen LogP contribution in [-0.2, 0) is 11.3 Å². The molecule has 0 bridgehead atoms. The van der Waals surface area contributed by atoms with E-state index in [-0.39, 0.29) is 24.3 Å². The molecule has 0 aliphatic carbocycles. The van der Waals surface area contributed by atoms with Gasteiger partial charge in [-0.2, -0.15) is 0 Å². The molecule has 3 aromatic rings. The summed E-state index contributed by atoms with van der Waals surface area (Å²) in [6.07, 6.45) is 4.38. The molecule has 2 aromatic carbocycles. The van der Waals surface area contributed by atoms with Gasteiger partial charge in [0.05, 0.1) is 12.8 Å². The van der Waals surface area contributed by atoms with Crippen molar-refractivity contribution >= 4 is 29.4 Å². The zero-order valence-electron chi connectivity index (χ0n) is 14.8. The third-order valence-corrected chi connectivity index (χ3v) is 3.69. The zero-order valence-corrected chi connectivity index (χ0v) is 14.8. The molecule has 7 heteroatoms. The SMILES string of the molecule is O=C(/C=C/c1cccc(F)c1)Nc1ccc(NC(=O)NCc2ccco2)cc1. The number of urea groups is 1. The van der Waals surface area contributed by atoms with Gasteiger partial charge in [-0.3, -0.25) is 4.79 Å². The standard InChI is InChI=1S/C21H18FN3O3/c22-16-4-1-3-15(13-16)6-11-20(26)24-17-7-9-18(10-8-17)25-21(27)23-14-19-5-2-12-28-19/h1-13H,14H2,(H,24,26)(H2,23,25,27)/b11-6+. The zero-order chi connectivity index (χ0) is 19.8. The summed E-state index contributed by atoms with van der Waals surface area (Å²) in [5.74, 6) is -0.0560. The number of hydrogen-bond donors (Lipinski definition) is 3. The van der Waals surface area contributed by atoms with Crippen LogP contribution in [0.25, 0.3) is 6.08 Å². The van der Waals surface area contributed by atoms with Crippen LogP contribution in [0, 0.1) is 5.82 Å². The first-order valence-electron chi connectivity index (χ1n) is 8.50. The fourth-order valence-corrected chi connectivity index (χ4v) is 2.36. The predicted molar refractivity (Wildman–Crippen MR) is 105 cm³/mol. The topological polar surface area (TPSA) is 83.4 Å². The van der Waals surface area contributed by atoms with E-state index in [1.165, 1.54) is 30.5 Å². The molecule has 1 aromatic heterocycles. The first-order valence-corrected chi connectivity index (χ1v) is 8.50. The van der Waals surface area contributed by atoms with Gasteiger partial charge >= 0.3 is 6.03 Å². The third-order valence-electron chi connectivity index (χ3n) is 3.69. The normalized spacial score (nSPS) is 10.6. The molecule has 3 amide bonds. The smallest absolute Gasteiger partial charge is 0.319 e. The Labute approximate surface area is 161 Å².